The lowest BCUT2D eigenvalue weighted by Crippen LogP contribution is -2.59. The molecule has 5 fully saturated rings. The molecule has 184 valence electrons. The molecule has 0 aromatic rings. The summed E-state index contributed by atoms with van der Waals surface area (Å²) in [4.78, 5) is 78.4. The summed E-state index contributed by atoms with van der Waals surface area (Å²) in [6.45, 7) is 0. The number of rotatable bonds is 4. The van der Waals surface area contributed by atoms with E-state index in [4.69, 9.17) is 18.9 Å². The topological polar surface area (TPSA) is 139 Å². The van der Waals surface area contributed by atoms with Gasteiger partial charge in [-0.25, -0.2) is 0 Å². The van der Waals surface area contributed by atoms with Crippen molar-refractivity contribution < 1.29 is 47.7 Å². The molecule has 5 aliphatic rings. The van der Waals surface area contributed by atoms with Gasteiger partial charge in [-0.2, -0.15) is 0 Å². The molecule has 5 saturated carbocycles. The van der Waals surface area contributed by atoms with Crippen molar-refractivity contribution in [1.29, 1.82) is 0 Å². The highest BCUT2D eigenvalue weighted by molar-refractivity contribution is 6.04. The van der Waals surface area contributed by atoms with Gasteiger partial charge in [-0.15, -0.1) is 0 Å². The Morgan fingerprint density at radius 1 is 0.500 bits per heavy atom. The molecule has 12 unspecified atom stereocenters. The van der Waals surface area contributed by atoms with Gasteiger partial charge in [-0.05, 0) is 36.5 Å². The summed E-state index contributed by atoms with van der Waals surface area (Å²) in [6, 6.07) is 0. The minimum absolute atomic E-state index is 0.149. The normalized spacial score (nSPS) is 45.4. The Kier molecular flexibility index (Phi) is 5.33. The van der Waals surface area contributed by atoms with Crippen LogP contribution in [0.3, 0.4) is 0 Å². The third-order valence-corrected chi connectivity index (χ3v) is 9.53. The van der Waals surface area contributed by atoms with Crippen LogP contribution in [0.4, 0.5) is 0 Å². The average Bonchev–Trinajstić information content (AvgIpc) is 3.61. The van der Waals surface area contributed by atoms with Gasteiger partial charge in [-0.3, -0.25) is 28.8 Å². The zero-order valence-corrected chi connectivity index (χ0v) is 19.4. The van der Waals surface area contributed by atoms with Gasteiger partial charge in [0.25, 0.3) is 0 Å². The first-order valence-corrected chi connectivity index (χ1v) is 11.6. The summed E-state index contributed by atoms with van der Waals surface area (Å²) in [7, 11) is 4.92. The Balaban J connectivity index is 1.55. The molecule has 0 heterocycles. The molecule has 5 rings (SSSR count). The maximum absolute atomic E-state index is 13.9. The molecule has 10 nitrogen and oxygen atoms in total. The lowest BCUT2D eigenvalue weighted by Gasteiger charge is -2.47. The predicted octanol–water partition coefficient (Wildman–Crippen LogP) is 0.0592. The van der Waals surface area contributed by atoms with E-state index in [0.29, 0.717) is 12.8 Å². The molecule has 12 atom stereocenters. The molecule has 10 heteroatoms. The van der Waals surface area contributed by atoms with Gasteiger partial charge in [-0.1, -0.05) is 0 Å². The van der Waals surface area contributed by atoms with Gasteiger partial charge >= 0.3 is 23.9 Å². The second-order valence-corrected chi connectivity index (χ2v) is 10.2. The Bertz CT molecular complexity index is 836. The van der Waals surface area contributed by atoms with E-state index in [0.717, 1.165) is 0 Å². The Morgan fingerprint density at radius 2 is 0.706 bits per heavy atom. The molecule has 5 aliphatic carbocycles. The first-order valence-electron chi connectivity index (χ1n) is 11.6. The zero-order valence-electron chi connectivity index (χ0n) is 19.4. The number of fused-ring (bicyclic) bond motifs is 10. The van der Waals surface area contributed by atoms with Crippen LogP contribution in [-0.4, -0.2) is 63.9 Å². The number of hydrogen-bond acceptors (Lipinski definition) is 10. The van der Waals surface area contributed by atoms with Crippen LogP contribution < -0.4 is 0 Å². The van der Waals surface area contributed by atoms with Crippen molar-refractivity contribution in [2.24, 2.45) is 71.0 Å². The molecule has 0 saturated heterocycles. The smallest absolute Gasteiger partial charge is 0.309 e. The standard InChI is InChI=1S/C24H28O10/c1-31-21(27)15-7-5-8(16(15)22(28)32-2)12-11(7)19(25)13-9-6-10(14(13)20(12)26)18(24(30)34-4)17(9)23(29)33-3/h7-18H,5-6H2,1-4H3. The molecule has 0 amide bonds. The SMILES string of the molecule is COC(=O)C1C2CC(C1C(=O)OC)C1C(=O)C3C4CC(C(C(=O)OC)C4C(=O)OC)C3C(=O)C21. The number of ether oxygens (including phenoxy) is 4. The summed E-state index contributed by atoms with van der Waals surface area (Å²) < 4.78 is 19.8. The number of methoxy groups -OCH3 is 4. The first-order chi connectivity index (χ1) is 16.2. The van der Waals surface area contributed by atoms with E-state index in [-0.39, 0.29) is 11.6 Å². The molecule has 0 spiro atoms. The second kappa shape index (κ2) is 7.88. The summed E-state index contributed by atoms with van der Waals surface area (Å²) in [5.41, 5.74) is 0. The molecule has 0 radical (unpaired) electrons. The van der Waals surface area contributed by atoms with Crippen LogP contribution in [0.25, 0.3) is 0 Å². The molecule has 0 N–H and O–H groups in total. The van der Waals surface area contributed by atoms with Gasteiger partial charge in [0, 0.05) is 23.7 Å². The quantitative estimate of drug-likeness (QED) is 0.404. The van der Waals surface area contributed by atoms with E-state index in [9.17, 15) is 28.8 Å². The van der Waals surface area contributed by atoms with E-state index < -0.39 is 94.9 Å². The first kappa shape index (κ1) is 23.0. The van der Waals surface area contributed by atoms with E-state index in [1.54, 1.807) is 0 Å². The fourth-order valence-electron chi connectivity index (χ4n) is 8.65. The van der Waals surface area contributed by atoms with Crippen LogP contribution >= 0.6 is 0 Å². The van der Waals surface area contributed by atoms with Crippen LogP contribution in [0.15, 0.2) is 0 Å². The second-order valence-electron chi connectivity index (χ2n) is 10.2. The number of esters is 4. The summed E-state index contributed by atoms with van der Waals surface area (Å²) >= 11 is 0. The highest BCUT2D eigenvalue weighted by atomic mass is 16.5. The highest BCUT2D eigenvalue weighted by Crippen LogP contribution is 2.68. The minimum Gasteiger partial charge on any atom is -0.469 e. The van der Waals surface area contributed by atoms with Crippen LogP contribution in [0.1, 0.15) is 12.8 Å². The monoisotopic (exact) mass is 476 g/mol. The lowest BCUT2D eigenvalue weighted by atomic mass is 9.53. The maximum Gasteiger partial charge on any atom is 0.309 e. The van der Waals surface area contributed by atoms with Crippen molar-refractivity contribution in [2.75, 3.05) is 28.4 Å². The van der Waals surface area contributed by atoms with Crippen molar-refractivity contribution in [3.8, 4) is 0 Å². The average molecular weight is 476 g/mol. The Labute approximate surface area is 196 Å². The van der Waals surface area contributed by atoms with E-state index in [2.05, 4.69) is 0 Å². The van der Waals surface area contributed by atoms with Crippen molar-refractivity contribution in [3.05, 3.63) is 0 Å². The fourth-order valence-corrected chi connectivity index (χ4v) is 8.65. The van der Waals surface area contributed by atoms with Crippen LogP contribution in [0, 0.1) is 71.0 Å². The summed E-state index contributed by atoms with van der Waals surface area (Å²) in [5.74, 6) is -10.9. The van der Waals surface area contributed by atoms with Crippen molar-refractivity contribution in [3.63, 3.8) is 0 Å². The van der Waals surface area contributed by atoms with E-state index >= 15 is 0 Å². The molecular formula is C24H28O10. The highest BCUT2D eigenvalue weighted by Gasteiger charge is 2.75. The van der Waals surface area contributed by atoms with Crippen molar-refractivity contribution in [1.82, 2.24) is 0 Å². The Hall–Kier alpha value is -2.78. The summed E-state index contributed by atoms with van der Waals surface area (Å²) in [5, 5.41) is 0. The maximum atomic E-state index is 13.9. The molecule has 0 aromatic carbocycles. The molecule has 0 aromatic heterocycles. The van der Waals surface area contributed by atoms with Gasteiger partial charge in [0.2, 0.25) is 0 Å². The van der Waals surface area contributed by atoms with Gasteiger partial charge < -0.3 is 18.9 Å². The summed E-state index contributed by atoms with van der Waals surface area (Å²) in [6.07, 6.45) is 0.754. The van der Waals surface area contributed by atoms with Crippen LogP contribution in [0.5, 0.6) is 0 Å². The molecule has 34 heavy (non-hydrogen) atoms. The molecule has 4 bridgehead atoms. The fraction of sp³-hybridized carbons (Fsp3) is 0.750. The van der Waals surface area contributed by atoms with Crippen LogP contribution in [-0.2, 0) is 47.7 Å². The van der Waals surface area contributed by atoms with Gasteiger partial charge in [0.1, 0.15) is 11.6 Å². The van der Waals surface area contributed by atoms with Gasteiger partial charge in [0.05, 0.1) is 52.1 Å². The van der Waals surface area contributed by atoms with E-state index in [1.165, 1.54) is 28.4 Å². The lowest BCUT2D eigenvalue weighted by molar-refractivity contribution is -0.175. The van der Waals surface area contributed by atoms with Gasteiger partial charge in [0.15, 0.2) is 0 Å². The Morgan fingerprint density at radius 3 is 0.882 bits per heavy atom. The molecular weight excluding hydrogens is 448 g/mol. The number of Topliss-reactive ketones (excluding diaryl/α,β-unsaturated/α-hetero) is 2. The largest absolute Gasteiger partial charge is 0.469 e. The number of carbonyl (C=O) groups is 6. The van der Waals surface area contributed by atoms with Crippen LogP contribution in [0.2, 0.25) is 0 Å². The third-order valence-electron chi connectivity index (χ3n) is 9.53. The van der Waals surface area contributed by atoms with Crippen molar-refractivity contribution in [2.45, 2.75) is 12.8 Å². The minimum atomic E-state index is -0.852. The van der Waals surface area contributed by atoms with Crippen molar-refractivity contribution >= 4 is 35.4 Å². The van der Waals surface area contributed by atoms with E-state index in [1.807, 2.05) is 0 Å². The number of ketones is 2. The molecule has 0 aliphatic heterocycles. The number of hydrogen-bond donors (Lipinski definition) is 0. The zero-order chi connectivity index (χ0) is 24.6. The number of carbonyl (C=O) groups excluding carboxylic acids is 6. The predicted molar refractivity (Wildman–Crippen MR) is 109 cm³/mol. The third kappa shape index (κ3) is 2.68.